The van der Waals surface area contributed by atoms with Crippen LogP contribution in [0.5, 0.6) is 5.75 Å². The minimum Gasteiger partial charge on any atom is -0.496 e. The highest BCUT2D eigenvalue weighted by Gasteiger charge is 2.41. The lowest BCUT2D eigenvalue weighted by Crippen LogP contribution is -2.43. The van der Waals surface area contributed by atoms with E-state index in [2.05, 4.69) is 62.4 Å². The van der Waals surface area contributed by atoms with Gasteiger partial charge in [-0.2, -0.15) is 10.1 Å². The Bertz CT molecular complexity index is 1130. The summed E-state index contributed by atoms with van der Waals surface area (Å²) in [5.41, 5.74) is 9.95. The van der Waals surface area contributed by atoms with Crippen LogP contribution in [-0.4, -0.2) is 75.4 Å². The predicted molar refractivity (Wildman–Crippen MR) is 130 cm³/mol. The van der Waals surface area contributed by atoms with Gasteiger partial charge in [-0.1, -0.05) is 19.4 Å². The number of piperazine rings is 1. The normalized spacial score (nSPS) is 20.7. The highest BCUT2D eigenvalue weighted by atomic mass is 16.5. The number of rotatable bonds is 9. The number of anilines is 2. The molecule has 3 aromatic rings. The van der Waals surface area contributed by atoms with E-state index in [-0.39, 0.29) is 5.95 Å². The molecule has 0 amide bonds. The fourth-order valence-electron chi connectivity index (χ4n) is 5.24. The van der Waals surface area contributed by atoms with Crippen LogP contribution in [0.1, 0.15) is 37.3 Å². The van der Waals surface area contributed by atoms with Crippen LogP contribution < -0.4 is 15.8 Å². The van der Waals surface area contributed by atoms with Gasteiger partial charge in [0.05, 0.1) is 19.9 Å². The van der Waals surface area contributed by atoms with Crippen LogP contribution in [0.25, 0.3) is 11.0 Å². The standard InChI is InChI=1S/C24H34N8O/c1-4-5-8-26-23-22-20(28-24(25)29-23)11-27-32(22)13-17-9-16(6-7-21(17)33-3)12-31-15-18-10-19(31)14-30(18)2/h6-7,9,11,18-19H,4-5,8,10,12-15H2,1-3H3,(H3,25,26,28,29)/t18-,19-/m0/s1. The molecule has 2 aromatic heterocycles. The number of aromatic nitrogens is 4. The van der Waals surface area contributed by atoms with Crippen LogP contribution in [0.4, 0.5) is 11.8 Å². The summed E-state index contributed by atoms with van der Waals surface area (Å²) in [4.78, 5) is 13.9. The maximum Gasteiger partial charge on any atom is 0.222 e. The summed E-state index contributed by atoms with van der Waals surface area (Å²) in [7, 11) is 3.96. The first-order chi connectivity index (χ1) is 16.1. The lowest BCUT2D eigenvalue weighted by Gasteiger charge is -2.32. The molecule has 2 saturated heterocycles. The molecule has 1 aromatic carbocycles. The van der Waals surface area contributed by atoms with Gasteiger partial charge >= 0.3 is 0 Å². The number of unbranched alkanes of at least 4 members (excludes halogenated alkanes) is 1. The second-order valence-electron chi connectivity index (χ2n) is 9.31. The third-order valence-electron chi connectivity index (χ3n) is 7.01. The van der Waals surface area contributed by atoms with E-state index in [0.29, 0.717) is 18.6 Å². The average molecular weight is 451 g/mol. The summed E-state index contributed by atoms with van der Waals surface area (Å²) >= 11 is 0. The number of nitrogens with zero attached hydrogens (tertiary/aromatic N) is 6. The molecule has 33 heavy (non-hydrogen) atoms. The van der Waals surface area contributed by atoms with Gasteiger partial charge in [-0.25, -0.2) is 4.98 Å². The van der Waals surface area contributed by atoms with Crippen LogP contribution in [0.2, 0.25) is 0 Å². The van der Waals surface area contributed by atoms with Crippen molar-refractivity contribution in [3.8, 4) is 5.75 Å². The molecule has 2 atom stereocenters. The van der Waals surface area contributed by atoms with Crippen molar-refractivity contribution in [2.24, 2.45) is 0 Å². The number of nitrogens with one attached hydrogen (secondary N) is 1. The van der Waals surface area contributed by atoms with Crippen molar-refractivity contribution in [3.05, 3.63) is 35.5 Å². The van der Waals surface area contributed by atoms with Crippen LogP contribution in [-0.2, 0) is 13.1 Å². The Morgan fingerprint density at radius 1 is 1.18 bits per heavy atom. The number of fused-ring (bicyclic) bond motifs is 3. The third-order valence-corrected chi connectivity index (χ3v) is 7.01. The Morgan fingerprint density at radius 2 is 2.06 bits per heavy atom. The molecule has 2 fully saturated rings. The summed E-state index contributed by atoms with van der Waals surface area (Å²) in [6.07, 6.45) is 5.21. The monoisotopic (exact) mass is 450 g/mol. The molecular formula is C24H34N8O. The summed E-state index contributed by atoms with van der Waals surface area (Å²) in [5.74, 6) is 1.85. The predicted octanol–water partition coefficient (Wildman–Crippen LogP) is 2.57. The molecular weight excluding hydrogens is 416 g/mol. The quantitative estimate of drug-likeness (QED) is 0.480. The number of hydrogen-bond donors (Lipinski definition) is 2. The second-order valence-corrected chi connectivity index (χ2v) is 9.31. The topological polar surface area (TPSA) is 97.4 Å². The molecule has 2 bridgehead atoms. The first kappa shape index (κ1) is 21.9. The number of likely N-dealkylation sites (N-methyl/N-ethyl adjacent to an activating group) is 1. The van der Waals surface area contributed by atoms with Crippen molar-refractivity contribution < 1.29 is 4.74 Å². The second kappa shape index (κ2) is 9.15. The number of nitrogen functional groups attached to an aromatic ring is 1. The summed E-state index contributed by atoms with van der Waals surface area (Å²) in [5, 5.41) is 8.03. The fourth-order valence-corrected chi connectivity index (χ4v) is 5.24. The van der Waals surface area contributed by atoms with Crippen molar-refractivity contribution in [1.82, 2.24) is 29.5 Å². The number of nitrogens with two attached hydrogens (primary N) is 1. The van der Waals surface area contributed by atoms with Crippen molar-refractivity contribution in [2.75, 3.05) is 44.8 Å². The third kappa shape index (κ3) is 4.35. The minimum absolute atomic E-state index is 0.256. The zero-order chi connectivity index (χ0) is 22.9. The molecule has 3 N–H and O–H groups in total. The van der Waals surface area contributed by atoms with Gasteiger partial charge < -0.3 is 20.7 Å². The van der Waals surface area contributed by atoms with Gasteiger partial charge in [-0.15, -0.1) is 0 Å². The lowest BCUT2D eigenvalue weighted by atomic mass is 10.1. The zero-order valence-electron chi connectivity index (χ0n) is 19.8. The van der Waals surface area contributed by atoms with Crippen LogP contribution >= 0.6 is 0 Å². The van der Waals surface area contributed by atoms with Crippen LogP contribution in [0.3, 0.4) is 0 Å². The van der Waals surface area contributed by atoms with Crippen molar-refractivity contribution in [3.63, 3.8) is 0 Å². The molecule has 0 saturated carbocycles. The lowest BCUT2D eigenvalue weighted by molar-refractivity contribution is 0.143. The van der Waals surface area contributed by atoms with Gasteiger partial charge in [-0.05, 0) is 37.6 Å². The first-order valence-corrected chi connectivity index (χ1v) is 11.9. The smallest absolute Gasteiger partial charge is 0.222 e. The van der Waals surface area contributed by atoms with Crippen molar-refractivity contribution in [2.45, 2.75) is 51.4 Å². The summed E-state index contributed by atoms with van der Waals surface area (Å²) in [6.45, 7) is 6.86. The Morgan fingerprint density at radius 3 is 2.79 bits per heavy atom. The number of methoxy groups -OCH3 is 1. The van der Waals surface area contributed by atoms with Gasteiger partial charge in [0, 0.05) is 43.8 Å². The molecule has 0 spiro atoms. The maximum atomic E-state index is 5.94. The van der Waals surface area contributed by atoms with Gasteiger partial charge in [0.2, 0.25) is 5.95 Å². The van der Waals surface area contributed by atoms with E-state index in [0.717, 1.165) is 60.6 Å². The highest BCUT2D eigenvalue weighted by Crippen LogP contribution is 2.32. The molecule has 4 heterocycles. The van der Waals surface area contributed by atoms with E-state index in [9.17, 15) is 0 Å². The molecule has 0 aliphatic carbocycles. The van der Waals surface area contributed by atoms with E-state index in [1.807, 2.05) is 4.68 Å². The summed E-state index contributed by atoms with van der Waals surface area (Å²) in [6, 6.07) is 7.88. The first-order valence-electron chi connectivity index (χ1n) is 11.9. The number of hydrogen-bond acceptors (Lipinski definition) is 8. The molecule has 2 aliphatic rings. The van der Waals surface area contributed by atoms with Gasteiger partial charge in [0.25, 0.3) is 0 Å². The molecule has 2 aliphatic heterocycles. The largest absolute Gasteiger partial charge is 0.496 e. The SMILES string of the molecule is CCCCNc1nc(N)nc2cnn(Cc3cc(CN4C[C@@H]5C[C@H]4CN5C)ccc3OC)c12. The van der Waals surface area contributed by atoms with E-state index < -0.39 is 0 Å². The van der Waals surface area contributed by atoms with Crippen molar-refractivity contribution in [1.29, 1.82) is 0 Å². The van der Waals surface area contributed by atoms with Gasteiger partial charge in [0.15, 0.2) is 5.82 Å². The number of benzene rings is 1. The highest BCUT2D eigenvalue weighted by molar-refractivity contribution is 5.86. The van der Waals surface area contributed by atoms with E-state index in [1.165, 1.54) is 18.5 Å². The Labute approximate surface area is 194 Å². The molecule has 9 nitrogen and oxygen atoms in total. The Kier molecular flexibility index (Phi) is 6.07. The number of likely N-dealkylation sites (tertiary alicyclic amines) is 2. The Balaban J connectivity index is 1.41. The molecule has 5 rings (SSSR count). The fraction of sp³-hybridized carbons (Fsp3) is 0.542. The molecule has 9 heteroatoms. The zero-order valence-corrected chi connectivity index (χ0v) is 19.8. The Hall–Kier alpha value is -2.91. The minimum atomic E-state index is 0.256. The number of ether oxygens (including phenoxy) is 1. The summed E-state index contributed by atoms with van der Waals surface area (Å²) < 4.78 is 7.64. The van der Waals surface area contributed by atoms with E-state index in [1.54, 1.807) is 13.3 Å². The van der Waals surface area contributed by atoms with Crippen molar-refractivity contribution >= 4 is 22.8 Å². The maximum absolute atomic E-state index is 5.94. The van der Waals surface area contributed by atoms with Crippen LogP contribution in [0, 0.1) is 0 Å². The van der Waals surface area contributed by atoms with Gasteiger partial charge in [0.1, 0.15) is 16.8 Å². The molecule has 176 valence electrons. The van der Waals surface area contributed by atoms with Gasteiger partial charge in [-0.3, -0.25) is 9.58 Å². The average Bonchev–Trinajstić information content (AvgIpc) is 3.48. The molecule has 0 radical (unpaired) electrons. The van der Waals surface area contributed by atoms with Crippen LogP contribution in [0.15, 0.2) is 24.4 Å². The van der Waals surface area contributed by atoms with E-state index >= 15 is 0 Å². The van der Waals surface area contributed by atoms with E-state index in [4.69, 9.17) is 10.5 Å². The molecule has 0 unspecified atom stereocenters.